The fourth-order valence-corrected chi connectivity index (χ4v) is 4.07. The largest absolute Gasteiger partial charge is 0.490 e. The van der Waals surface area contributed by atoms with E-state index in [2.05, 4.69) is 15.1 Å². The van der Waals surface area contributed by atoms with Gasteiger partial charge in [0.25, 0.3) is 5.91 Å². The molecule has 1 aliphatic heterocycles. The van der Waals surface area contributed by atoms with Crippen molar-refractivity contribution in [3.63, 3.8) is 0 Å². The Hall–Kier alpha value is -3.84. The summed E-state index contributed by atoms with van der Waals surface area (Å²) in [4.78, 5) is 51.6. The van der Waals surface area contributed by atoms with Crippen LogP contribution in [-0.2, 0) is 9.59 Å². The summed E-state index contributed by atoms with van der Waals surface area (Å²) >= 11 is 6.00. The molecule has 1 saturated heterocycles. The topological polar surface area (TPSA) is 130 Å². The van der Waals surface area contributed by atoms with E-state index in [0.29, 0.717) is 62.1 Å². The fourth-order valence-electron chi connectivity index (χ4n) is 3.88. The lowest BCUT2D eigenvalue weighted by atomic mass is 10.1. The number of hydrogen-bond acceptors (Lipinski definition) is 6. The SMILES string of the molecule is CCN(CC)C(=O)CN1CCN(c2ccc(C(=O)O)cc2NC(=O)c2cccc(Cl)c2)CC1.O=C(O)C(F)(F)F. The zero-order valence-corrected chi connectivity index (χ0v) is 22.6. The number of aromatic carboxylic acids is 1. The monoisotopic (exact) mass is 586 g/mol. The number of piperazine rings is 1. The molecule has 0 bridgehead atoms. The van der Waals surface area contributed by atoms with Crippen molar-refractivity contribution in [1.82, 2.24) is 9.80 Å². The van der Waals surface area contributed by atoms with Gasteiger partial charge in [-0.2, -0.15) is 13.2 Å². The lowest BCUT2D eigenvalue weighted by Gasteiger charge is -2.37. The number of hydrogen-bond donors (Lipinski definition) is 3. The first-order valence-corrected chi connectivity index (χ1v) is 12.6. The van der Waals surface area contributed by atoms with Gasteiger partial charge in [-0.25, -0.2) is 9.59 Å². The van der Waals surface area contributed by atoms with Crippen LogP contribution < -0.4 is 10.2 Å². The molecule has 1 aliphatic rings. The van der Waals surface area contributed by atoms with Gasteiger partial charge in [0.1, 0.15) is 0 Å². The van der Waals surface area contributed by atoms with Crippen LogP contribution in [0.3, 0.4) is 0 Å². The summed E-state index contributed by atoms with van der Waals surface area (Å²) in [7, 11) is 0. The van der Waals surface area contributed by atoms with E-state index in [9.17, 15) is 32.7 Å². The normalized spacial score (nSPS) is 13.6. The summed E-state index contributed by atoms with van der Waals surface area (Å²) in [5, 5.41) is 19.8. The number of halogens is 4. The van der Waals surface area contributed by atoms with E-state index in [1.807, 2.05) is 18.7 Å². The van der Waals surface area contributed by atoms with Crippen LogP contribution in [0, 0.1) is 0 Å². The molecule has 10 nitrogen and oxygen atoms in total. The van der Waals surface area contributed by atoms with E-state index in [1.54, 1.807) is 30.3 Å². The van der Waals surface area contributed by atoms with Gasteiger partial charge in [-0.05, 0) is 50.2 Å². The lowest BCUT2D eigenvalue weighted by molar-refractivity contribution is -0.192. The van der Waals surface area contributed by atoms with Gasteiger partial charge in [0.05, 0.1) is 23.5 Å². The number of carbonyl (C=O) groups excluding carboxylic acids is 2. The standard InChI is InChI=1S/C24H29ClN4O4.C2HF3O2/c1-3-28(4-2)22(30)16-27-10-12-29(13-11-27)21-9-8-18(24(32)33)15-20(21)26-23(31)17-6-5-7-19(25)14-17;3-2(4,5)1(6)7/h5-9,14-15H,3-4,10-13,16H2,1-2H3,(H,26,31)(H,32,33);(H,6,7). The number of nitrogens with one attached hydrogen (secondary N) is 1. The van der Waals surface area contributed by atoms with Crippen LogP contribution in [0.4, 0.5) is 24.5 Å². The van der Waals surface area contributed by atoms with Crippen LogP contribution in [0.25, 0.3) is 0 Å². The number of amides is 2. The molecule has 0 atom stereocenters. The summed E-state index contributed by atoms with van der Waals surface area (Å²) in [5.41, 5.74) is 1.63. The Balaban J connectivity index is 0.000000708. The van der Waals surface area contributed by atoms with E-state index in [4.69, 9.17) is 21.5 Å². The highest BCUT2D eigenvalue weighted by Gasteiger charge is 2.38. The minimum Gasteiger partial charge on any atom is -0.478 e. The molecular formula is C26H30ClF3N4O6. The zero-order valence-electron chi connectivity index (χ0n) is 21.9. The number of carboxylic acids is 2. The number of carboxylic acid groups (broad SMARTS) is 2. The van der Waals surface area contributed by atoms with Crippen molar-refractivity contribution in [2.24, 2.45) is 0 Å². The molecule has 218 valence electrons. The Labute approximate surface area is 233 Å². The Kier molecular flexibility index (Phi) is 11.7. The highest BCUT2D eigenvalue weighted by molar-refractivity contribution is 6.31. The van der Waals surface area contributed by atoms with Crippen LogP contribution in [0.2, 0.25) is 5.02 Å². The maximum atomic E-state index is 12.8. The third-order valence-corrected chi connectivity index (χ3v) is 6.24. The Morgan fingerprint density at radius 3 is 2.05 bits per heavy atom. The zero-order chi connectivity index (χ0) is 30.0. The van der Waals surface area contributed by atoms with E-state index >= 15 is 0 Å². The fraction of sp³-hybridized carbons (Fsp3) is 0.385. The second-order valence-electron chi connectivity index (χ2n) is 8.63. The predicted octanol–water partition coefficient (Wildman–Crippen LogP) is 3.91. The third-order valence-electron chi connectivity index (χ3n) is 6.01. The molecular weight excluding hydrogens is 557 g/mol. The molecule has 2 amide bonds. The minimum absolute atomic E-state index is 0.0867. The number of alkyl halides is 3. The molecule has 2 aromatic carbocycles. The summed E-state index contributed by atoms with van der Waals surface area (Å²) in [5.74, 6) is -4.08. The minimum atomic E-state index is -5.08. The highest BCUT2D eigenvalue weighted by Crippen LogP contribution is 2.29. The Morgan fingerprint density at radius 1 is 0.950 bits per heavy atom. The van der Waals surface area contributed by atoms with Crippen molar-refractivity contribution in [2.75, 3.05) is 56.0 Å². The molecule has 40 heavy (non-hydrogen) atoms. The molecule has 0 spiro atoms. The van der Waals surface area contributed by atoms with Gasteiger partial charge in [-0.1, -0.05) is 17.7 Å². The van der Waals surface area contributed by atoms with Gasteiger partial charge in [-0.15, -0.1) is 0 Å². The second-order valence-corrected chi connectivity index (χ2v) is 9.07. The Bertz CT molecular complexity index is 1220. The number of benzene rings is 2. The number of likely N-dealkylation sites (N-methyl/N-ethyl adjacent to an activating group) is 1. The highest BCUT2D eigenvalue weighted by atomic mass is 35.5. The first kappa shape index (κ1) is 32.4. The molecule has 0 unspecified atom stereocenters. The van der Waals surface area contributed by atoms with Gasteiger partial charge >= 0.3 is 18.1 Å². The molecule has 0 saturated carbocycles. The van der Waals surface area contributed by atoms with Gasteiger partial charge in [0.15, 0.2) is 0 Å². The molecule has 0 aromatic heterocycles. The van der Waals surface area contributed by atoms with Crippen LogP contribution >= 0.6 is 11.6 Å². The van der Waals surface area contributed by atoms with Gasteiger partial charge in [0, 0.05) is 49.9 Å². The summed E-state index contributed by atoms with van der Waals surface area (Å²) < 4.78 is 31.7. The molecule has 1 fully saturated rings. The molecule has 1 heterocycles. The van der Waals surface area contributed by atoms with Crippen molar-refractivity contribution in [3.8, 4) is 0 Å². The first-order chi connectivity index (χ1) is 18.8. The number of aliphatic carboxylic acids is 1. The molecule has 0 aliphatic carbocycles. The number of carbonyl (C=O) groups is 4. The summed E-state index contributed by atoms with van der Waals surface area (Å²) in [6.45, 7) is 8.40. The van der Waals surface area contributed by atoms with Crippen molar-refractivity contribution >= 4 is 46.7 Å². The maximum absolute atomic E-state index is 12.8. The number of rotatable bonds is 8. The smallest absolute Gasteiger partial charge is 0.478 e. The Morgan fingerprint density at radius 2 is 1.55 bits per heavy atom. The average Bonchev–Trinajstić information content (AvgIpc) is 2.89. The van der Waals surface area contributed by atoms with Crippen molar-refractivity contribution < 1.29 is 42.6 Å². The van der Waals surface area contributed by atoms with Gasteiger partial charge in [-0.3, -0.25) is 14.5 Å². The lowest BCUT2D eigenvalue weighted by Crippen LogP contribution is -2.50. The predicted molar refractivity (Wildman–Crippen MR) is 143 cm³/mol. The van der Waals surface area contributed by atoms with E-state index in [0.717, 1.165) is 5.69 Å². The molecule has 3 rings (SSSR count). The maximum Gasteiger partial charge on any atom is 0.490 e. The van der Waals surface area contributed by atoms with Gasteiger partial charge in [0.2, 0.25) is 5.91 Å². The molecule has 2 aromatic rings. The first-order valence-electron chi connectivity index (χ1n) is 12.3. The van der Waals surface area contributed by atoms with Crippen LogP contribution in [0.5, 0.6) is 0 Å². The second kappa shape index (κ2) is 14.5. The van der Waals surface area contributed by atoms with Crippen molar-refractivity contribution in [3.05, 3.63) is 58.6 Å². The van der Waals surface area contributed by atoms with E-state index in [1.165, 1.54) is 12.1 Å². The van der Waals surface area contributed by atoms with Gasteiger partial charge < -0.3 is 25.3 Å². The van der Waals surface area contributed by atoms with Crippen LogP contribution in [0.15, 0.2) is 42.5 Å². The van der Waals surface area contributed by atoms with Crippen molar-refractivity contribution in [2.45, 2.75) is 20.0 Å². The van der Waals surface area contributed by atoms with E-state index in [-0.39, 0.29) is 17.4 Å². The third kappa shape index (κ3) is 9.42. The van der Waals surface area contributed by atoms with Crippen molar-refractivity contribution in [1.29, 1.82) is 0 Å². The summed E-state index contributed by atoms with van der Waals surface area (Å²) in [6.07, 6.45) is -5.08. The van der Waals surface area contributed by atoms with Crippen LogP contribution in [-0.4, -0.2) is 95.8 Å². The molecule has 14 heteroatoms. The quantitative estimate of drug-likeness (QED) is 0.424. The van der Waals surface area contributed by atoms with Crippen LogP contribution in [0.1, 0.15) is 34.6 Å². The molecule has 0 radical (unpaired) electrons. The molecule has 3 N–H and O–H groups in total. The number of anilines is 2. The summed E-state index contributed by atoms with van der Waals surface area (Å²) in [6, 6.07) is 11.3. The number of nitrogens with zero attached hydrogens (tertiary/aromatic N) is 3. The van der Waals surface area contributed by atoms with E-state index < -0.39 is 18.1 Å². The average molecular weight is 587 g/mol.